The van der Waals surface area contributed by atoms with E-state index in [2.05, 4.69) is 28.1 Å². The second-order valence-electron chi connectivity index (χ2n) is 3.90. The molecule has 3 nitrogen and oxygen atoms in total. The molecule has 2 heterocycles. The molecule has 0 saturated carbocycles. The third-order valence-corrected chi connectivity index (χ3v) is 2.66. The molecule has 0 aliphatic carbocycles. The van der Waals surface area contributed by atoms with Gasteiger partial charge in [-0.1, -0.05) is 0 Å². The molecule has 1 aromatic rings. The number of aromatic nitrogens is 2. The minimum Gasteiger partial charge on any atom is -0.312 e. The molecule has 1 N–H and O–H groups in total. The van der Waals surface area contributed by atoms with Crippen molar-refractivity contribution in [3.05, 3.63) is 17.5 Å². The van der Waals surface area contributed by atoms with Gasteiger partial charge in [-0.3, -0.25) is 4.68 Å². The molecule has 0 radical (unpaired) electrons. The Morgan fingerprint density at radius 1 is 1.47 bits per heavy atom. The Hall–Kier alpha value is -0.250. The predicted octanol–water partition coefficient (Wildman–Crippen LogP) is 2.10. The van der Waals surface area contributed by atoms with Gasteiger partial charge >= 0.3 is 0 Å². The van der Waals surface area contributed by atoms with Crippen LogP contribution in [-0.4, -0.2) is 22.4 Å². The highest BCUT2D eigenvalue weighted by atomic mass is 35.5. The van der Waals surface area contributed by atoms with Gasteiger partial charge in [0.2, 0.25) is 0 Å². The minimum absolute atomic E-state index is 0. The highest BCUT2D eigenvalue weighted by Crippen LogP contribution is 2.09. The van der Waals surface area contributed by atoms with E-state index in [1.165, 1.54) is 25.1 Å². The lowest BCUT2D eigenvalue weighted by atomic mass is 10.2. The fraction of sp³-hybridized carbons (Fsp3) is 0.700. The van der Waals surface area contributed by atoms with Crippen molar-refractivity contribution in [2.75, 3.05) is 6.54 Å². The van der Waals surface area contributed by atoms with Crippen LogP contribution in [0.2, 0.25) is 0 Å². The molecule has 0 unspecified atom stereocenters. The van der Waals surface area contributed by atoms with E-state index in [1.807, 2.05) is 6.92 Å². The van der Waals surface area contributed by atoms with E-state index in [4.69, 9.17) is 0 Å². The first-order valence-corrected chi connectivity index (χ1v) is 5.00. The Bertz CT molecular complexity index is 293. The Morgan fingerprint density at radius 2 is 2.20 bits per heavy atom. The van der Waals surface area contributed by atoms with Crippen molar-refractivity contribution in [2.45, 2.75) is 39.3 Å². The highest BCUT2D eigenvalue weighted by molar-refractivity contribution is 5.85. The van der Waals surface area contributed by atoms with Crippen LogP contribution in [0.3, 0.4) is 0 Å². The summed E-state index contributed by atoms with van der Waals surface area (Å²) in [5, 5.41) is 7.93. The van der Waals surface area contributed by atoms with E-state index in [0.29, 0.717) is 6.04 Å². The average molecular weight is 252 g/mol. The summed E-state index contributed by atoms with van der Waals surface area (Å²) in [4.78, 5) is 0. The normalized spacial score (nSPS) is 19.5. The lowest BCUT2D eigenvalue weighted by molar-refractivity contribution is 0.467. The van der Waals surface area contributed by atoms with E-state index in [0.717, 1.165) is 12.2 Å². The fourth-order valence-electron chi connectivity index (χ4n) is 1.98. The Morgan fingerprint density at radius 3 is 2.67 bits per heavy atom. The molecule has 5 heteroatoms. The van der Waals surface area contributed by atoms with Crippen molar-refractivity contribution in [2.24, 2.45) is 0 Å². The quantitative estimate of drug-likeness (QED) is 0.873. The van der Waals surface area contributed by atoms with E-state index in [9.17, 15) is 0 Å². The monoisotopic (exact) mass is 251 g/mol. The summed E-state index contributed by atoms with van der Waals surface area (Å²) in [5.74, 6) is 0. The summed E-state index contributed by atoms with van der Waals surface area (Å²) in [6, 6.07) is 2.77. The maximum Gasteiger partial charge on any atom is 0.0596 e. The number of nitrogens with zero attached hydrogens (tertiary/aromatic N) is 2. The van der Waals surface area contributed by atoms with Gasteiger partial charge in [0.1, 0.15) is 0 Å². The molecule has 15 heavy (non-hydrogen) atoms. The van der Waals surface area contributed by atoms with E-state index in [1.54, 1.807) is 0 Å². The van der Waals surface area contributed by atoms with Crippen LogP contribution >= 0.6 is 24.8 Å². The number of hydrogen-bond acceptors (Lipinski definition) is 2. The zero-order chi connectivity index (χ0) is 9.26. The smallest absolute Gasteiger partial charge is 0.0596 e. The van der Waals surface area contributed by atoms with Gasteiger partial charge in [0.15, 0.2) is 0 Å². The minimum atomic E-state index is 0. The van der Waals surface area contributed by atoms with Gasteiger partial charge < -0.3 is 5.32 Å². The summed E-state index contributed by atoms with van der Waals surface area (Å²) in [7, 11) is 0. The SMILES string of the molecule is Cc1cc(C)n(C[C@@H]2CCCN2)n1.Cl.Cl. The molecular formula is C10H19Cl2N3. The van der Waals surface area contributed by atoms with Gasteiger partial charge in [-0.2, -0.15) is 5.10 Å². The first-order valence-electron chi connectivity index (χ1n) is 5.00. The molecule has 88 valence electrons. The van der Waals surface area contributed by atoms with E-state index >= 15 is 0 Å². The maximum atomic E-state index is 4.45. The van der Waals surface area contributed by atoms with Crippen molar-refractivity contribution in [1.82, 2.24) is 15.1 Å². The van der Waals surface area contributed by atoms with Crippen LogP contribution in [0, 0.1) is 13.8 Å². The molecule has 0 bridgehead atoms. The van der Waals surface area contributed by atoms with Crippen LogP contribution < -0.4 is 5.32 Å². The fourth-order valence-corrected chi connectivity index (χ4v) is 1.98. The first-order chi connectivity index (χ1) is 6.25. The lowest BCUT2D eigenvalue weighted by Crippen LogP contribution is -2.27. The third kappa shape index (κ3) is 3.67. The predicted molar refractivity (Wildman–Crippen MR) is 67.2 cm³/mol. The standard InChI is InChI=1S/C10H17N3.2ClH/c1-8-6-9(2)13(12-8)7-10-4-3-5-11-10;;/h6,10-11H,3-5,7H2,1-2H3;2*1H/t10-;;/m0../s1. The third-order valence-electron chi connectivity index (χ3n) is 2.66. The van der Waals surface area contributed by atoms with Crippen LogP contribution in [0.4, 0.5) is 0 Å². The molecular weight excluding hydrogens is 233 g/mol. The number of aryl methyl sites for hydroxylation is 2. The Balaban J connectivity index is 0.000000980. The second-order valence-corrected chi connectivity index (χ2v) is 3.90. The Kier molecular flexibility index (Phi) is 6.25. The van der Waals surface area contributed by atoms with Gasteiger partial charge in [0.25, 0.3) is 0 Å². The molecule has 1 aromatic heterocycles. The largest absolute Gasteiger partial charge is 0.312 e. The first kappa shape index (κ1) is 14.8. The molecule has 0 amide bonds. The highest BCUT2D eigenvalue weighted by Gasteiger charge is 2.15. The van der Waals surface area contributed by atoms with Gasteiger partial charge in [-0.15, -0.1) is 24.8 Å². The van der Waals surface area contributed by atoms with Gasteiger partial charge in [-0.05, 0) is 39.3 Å². The number of hydrogen-bond donors (Lipinski definition) is 1. The number of nitrogens with one attached hydrogen (secondary N) is 1. The summed E-state index contributed by atoms with van der Waals surface area (Å²) in [5.41, 5.74) is 2.39. The molecule has 1 atom stereocenters. The van der Waals surface area contributed by atoms with Crippen LogP contribution in [0.25, 0.3) is 0 Å². The van der Waals surface area contributed by atoms with Crippen molar-refractivity contribution in [1.29, 1.82) is 0 Å². The lowest BCUT2D eigenvalue weighted by Gasteiger charge is -2.11. The molecule has 1 aliphatic heterocycles. The molecule has 1 saturated heterocycles. The van der Waals surface area contributed by atoms with E-state index < -0.39 is 0 Å². The van der Waals surface area contributed by atoms with Crippen molar-refractivity contribution in [3.8, 4) is 0 Å². The van der Waals surface area contributed by atoms with E-state index in [-0.39, 0.29) is 24.8 Å². The van der Waals surface area contributed by atoms with Gasteiger partial charge in [0.05, 0.1) is 12.2 Å². The van der Waals surface area contributed by atoms with Crippen LogP contribution in [-0.2, 0) is 6.54 Å². The molecule has 1 fully saturated rings. The number of halogens is 2. The van der Waals surface area contributed by atoms with Crippen LogP contribution in [0.15, 0.2) is 6.07 Å². The zero-order valence-electron chi connectivity index (χ0n) is 9.19. The second kappa shape index (κ2) is 6.36. The zero-order valence-corrected chi connectivity index (χ0v) is 10.8. The molecule has 2 rings (SSSR count). The summed E-state index contributed by atoms with van der Waals surface area (Å²) in [6.45, 7) is 6.37. The Labute approximate surface area is 103 Å². The van der Waals surface area contributed by atoms with Crippen molar-refractivity contribution in [3.63, 3.8) is 0 Å². The molecule has 0 spiro atoms. The number of rotatable bonds is 2. The average Bonchev–Trinajstić information content (AvgIpc) is 2.63. The van der Waals surface area contributed by atoms with Crippen LogP contribution in [0.1, 0.15) is 24.2 Å². The van der Waals surface area contributed by atoms with Gasteiger partial charge in [-0.25, -0.2) is 0 Å². The topological polar surface area (TPSA) is 29.9 Å². The summed E-state index contributed by atoms with van der Waals surface area (Å²) < 4.78 is 2.11. The van der Waals surface area contributed by atoms with Gasteiger partial charge in [0, 0.05) is 11.7 Å². The maximum absolute atomic E-state index is 4.45. The molecule has 0 aromatic carbocycles. The van der Waals surface area contributed by atoms with Crippen molar-refractivity contribution < 1.29 is 0 Å². The summed E-state index contributed by atoms with van der Waals surface area (Å²) in [6.07, 6.45) is 2.60. The van der Waals surface area contributed by atoms with Crippen LogP contribution in [0.5, 0.6) is 0 Å². The van der Waals surface area contributed by atoms with Crippen molar-refractivity contribution >= 4 is 24.8 Å². The molecule has 1 aliphatic rings. The summed E-state index contributed by atoms with van der Waals surface area (Å²) >= 11 is 0.